The number of pyridine rings is 1. The Morgan fingerprint density at radius 2 is 1.87 bits per heavy atom. The van der Waals surface area contributed by atoms with E-state index in [1.165, 1.54) is 20.0 Å². The van der Waals surface area contributed by atoms with Gasteiger partial charge in [-0.1, -0.05) is 11.6 Å². The van der Waals surface area contributed by atoms with Crippen molar-refractivity contribution in [2.45, 2.75) is 19.6 Å². The summed E-state index contributed by atoms with van der Waals surface area (Å²) in [5.74, 6) is -2.71. The van der Waals surface area contributed by atoms with Crippen LogP contribution in [0, 0.1) is 0 Å². The largest absolute Gasteiger partial charge is 0.419 e. The topological polar surface area (TPSA) is 77.5 Å². The molecule has 0 spiro atoms. The molecule has 1 saturated heterocycles. The number of fused-ring (bicyclic) bond motifs is 1. The molecule has 2 aromatic rings. The van der Waals surface area contributed by atoms with Gasteiger partial charge in [-0.25, -0.2) is 14.6 Å². The molecule has 1 aromatic heterocycles. The zero-order valence-corrected chi connectivity index (χ0v) is 13.2. The first-order valence-electron chi connectivity index (χ1n) is 6.83. The van der Waals surface area contributed by atoms with Gasteiger partial charge in [0.05, 0.1) is 0 Å². The summed E-state index contributed by atoms with van der Waals surface area (Å²) < 4.78 is 10.0. The van der Waals surface area contributed by atoms with E-state index in [9.17, 15) is 9.59 Å². The van der Waals surface area contributed by atoms with Crippen molar-refractivity contribution in [3.63, 3.8) is 0 Å². The van der Waals surface area contributed by atoms with E-state index < -0.39 is 17.7 Å². The molecule has 1 aliphatic heterocycles. The lowest BCUT2D eigenvalue weighted by atomic mass is 10.1. The molecule has 0 atom stereocenters. The van der Waals surface area contributed by atoms with Gasteiger partial charge in [0.15, 0.2) is 5.57 Å². The zero-order valence-electron chi connectivity index (χ0n) is 12.4. The molecular formula is C16H13ClN2O4. The molecule has 118 valence electrons. The number of rotatable bonds is 2. The van der Waals surface area contributed by atoms with E-state index in [0.29, 0.717) is 10.8 Å². The first-order chi connectivity index (χ1) is 10.9. The Labute approximate surface area is 137 Å². The van der Waals surface area contributed by atoms with Gasteiger partial charge in [-0.05, 0) is 29.7 Å². The van der Waals surface area contributed by atoms with Crippen molar-refractivity contribution >= 4 is 40.0 Å². The summed E-state index contributed by atoms with van der Waals surface area (Å²) in [6, 6.07) is 7.19. The number of ether oxygens (including phenoxy) is 2. The number of anilines is 1. The number of cyclic esters (lactones) is 2. The number of carbonyl (C=O) groups is 2. The third-order valence-corrected chi connectivity index (χ3v) is 3.52. The summed E-state index contributed by atoms with van der Waals surface area (Å²) in [5.41, 5.74) is 0.481. The van der Waals surface area contributed by atoms with Crippen molar-refractivity contribution in [2.75, 3.05) is 5.32 Å². The second-order valence-electron chi connectivity index (χ2n) is 5.42. The fourth-order valence-corrected chi connectivity index (χ4v) is 2.39. The Bertz CT molecular complexity index is 823. The second kappa shape index (κ2) is 5.55. The maximum Gasteiger partial charge on any atom is 0.350 e. The fraction of sp³-hybridized carbons (Fsp3) is 0.188. The predicted octanol–water partition coefficient (Wildman–Crippen LogP) is 3.02. The summed E-state index contributed by atoms with van der Waals surface area (Å²) in [6.45, 7) is 2.99. The van der Waals surface area contributed by atoms with Gasteiger partial charge in [0, 0.05) is 37.3 Å². The van der Waals surface area contributed by atoms with E-state index >= 15 is 0 Å². The highest BCUT2D eigenvalue weighted by atomic mass is 35.5. The predicted molar refractivity (Wildman–Crippen MR) is 84.7 cm³/mol. The average molecular weight is 333 g/mol. The Hall–Kier alpha value is -2.60. The maximum atomic E-state index is 11.8. The third kappa shape index (κ3) is 3.12. The molecule has 2 heterocycles. The van der Waals surface area contributed by atoms with Crippen LogP contribution >= 0.6 is 11.6 Å². The standard InChI is InChI=1S/C16H13ClN2O4/c1-16(2)22-14(20)12(15(21)23-16)8-19-10-3-4-11-9(7-10)5-6-18-13(11)17/h3-8,19H,1-2H3. The molecular weight excluding hydrogens is 320 g/mol. The molecule has 0 saturated carbocycles. The smallest absolute Gasteiger partial charge is 0.350 e. The molecule has 3 rings (SSSR count). The van der Waals surface area contributed by atoms with Crippen LogP contribution in [-0.4, -0.2) is 22.7 Å². The SMILES string of the molecule is CC1(C)OC(=O)C(=CNc2ccc3c(Cl)nccc3c2)C(=O)O1. The molecule has 0 radical (unpaired) electrons. The first-order valence-corrected chi connectivity index (χ1v) is 7.21. The van der Waals surface area contributed by atoms with Crippen molar-refractivity contribution < 1.29 is 19.1 Å². The lowest BCUT2D eigenvalue weighted by Gasteiger charge is -2.29. The fourth-order valence-electron chi connectivity index (χ4n) is 2.16. The van der Waals surface area contributed by atoms with Crippen LogP contribution in [0.3, 0.4) is 0 Å². The van der Waals surface area contributed by atoms with Gasteiger partial charge in [0.25, 0.3) is 5.79 Å². The van der Waals surface area contributed by atoms with Crippen LogP contribution in [-0.2, 0) is 19.1 Å². The van der Waals surface area contributed by atoms with Crippen LogP contribution in [0.4, 0.5) is 5.69 Å². The quantitative estimate of drug-likeness (QED) is 0.394. The average Bonchev–Trinajstić information content (AvgIpc) is 2.45. The van der Waals surface area contributed by atoms with Gasteiger partial charge >= 0.3 is 11.9 Å². The third-order valence-electron chi connectivity index (χ3n) is 3.22. The number of halogens is 1. The van der Waals surface area contributed by atoms with Gasteiger partial charge in [-0.2, -0.15) is 0 Å². The summed E-state index contributed by atoms with van der Waals surface area (Å²) in [4.78, 5) is 27.7. The molecule has 1 N–H and O–H groups in total. The van der Waals surface area contributed by atoms with E-state index in [2.05, 4.69) is 10.3 Å². The normalized spacial score (nSPS) is 16.7. The molecule has 7 heteroatoms. The van der Waals surface area contributed by atoms with Crippen LogP contribution in [0.25, 0.3) is 10.8 Å². The monoisotopic (exact) mass is 332 g/mol. The van der Waals surface area contributed by atoms with Crippen molar-refractivity contribution in [1.29, 1.82) is 0 Å². The minimum absolute atomic E-state index is 0.197. The Morgan fingerprint density at radius 3 is 2.57 bits per heavy atom. The van der Waals surface area contributed by atoms with Gasteiger partial charge < -0.3 is 14.8 Å². The van der Waals surface area contributed by atoms with E-state index in [-0.39, 0.29) is 5.57 Å². The van der Waals surface area contributed by atoms with Crippen molar-refractivity contribution in [2.24, 2.45) is 0 Å². The van der Waals surface area contributed by atoms with Crippen molar-refractivity contribution in [1.82, 2.24) is 4.98 Å². The number of nitrogens with one attached hydrogen (secondary N) is 1. The molecule has 6 nitrogen and oxygen atoms in total. The molecule has 0 amide bonds. The molecule has 23 heavy (non-hydrogen) atoms. The van der Waals surface area contributed by atoms with E-state index in [0.717, 1.165) is 10.8 Å². The summed E-state index contributed by atoms with van der Waals surface area (Å²) in [5, 5.41) is 4.99. The van der Waals surface area contributed by atoms with Crippen molar-refractivity contribution in [3.05, 3.63) is 47.4 Å². The van der Waals surface area contributed by atoms with Crippen LogP contribution in [0.2, 0.25) is 5.15 Å². The highest BCUT2D eigenvalue weighted by Crippen LogP contribution is 2.25. The van der Waals surface area contributed by atoms with Crippen LogP contribution in [0.5, 0.6) is 0 Å². The highest BCUT2D eigenvalue weighted by Gasteiger charge is 2.38. The molecule has 0 unspecified atom stereocenters. The summed E-state index contributed by atoms with van der Waals surface area (Å²) in [7, 11) is 0. The van der Waals surface area contributed by atoms with Crippen LogP contribution in [0.1, 0.15) is 13.8 Å². The lowest BCUT2D eigenvalue weighted by Crippen LogP contribution is -2.42. The molecule has 0 aliphatic carbocycles. The van der Waals surface area contributed by atoms with E-state index in [1.54, 1.807) is 18.3 Å². The summed E-state index contributed by atoms with van der Waals surface area (Å²) in [6.07, 6.45) is 2.87. The summed E-state index contributed by atoms with van der Waals surface area (Å²) >= 11 is 6.01. The zero-order chi connectivity index (χ0) is 16.6. The molecule has 0 bridgehead atoms. The number of hydrogen-bond acceptors (Lipinski definition) is 6. The number of aromatic nitrogens is 1. The Morgan fingerprint density at radius 1 is 1.17 bits per heavy atom. The lowest BCUT2D eigenvalue weighted by molar-refractivity contribution is -0.222. The van der Waals surface area contributed by atoms with Gasteiger partial charge in [0.2, 0.25) is 0 Å². The Balaban J connectivity index is 1.85. The van der Waals surface area contributed by atoms with Crippen molar-refractivity contribution in [3.8, 4) is 0 Å². The van der Waals surface area contributed by atoms with Gasteiger partial charge in [-0.3, -0.25) is 0 Å². The van der Waals surface area contributed by atoms with E-state index in [4.69, 9.17) is 21.1 Å². The number of benzene rings is 1. The Kier molecular flexibility index (Phi) is 3.69. The van der Waals surface area contributed by atoms with Crippen LogP contribution in [0.15, 0.2) is 42.2 Å². The molecule has 1 aromatic carbocycles. The number of hydrogen-bond donors (Lipinski definition) is 1. The van der Waals surface area contributed by atoms with Gasteiger partial charge in [-0.15, -0.1) is 0 Å². The molecule has 1 fully saturated rings. The van der Waals surface area contributed by atoms with E-state index in [1.807, 2.05) is 12.1 Å². The second-order valence-corrected chi connectivity index (χ2v) is 5.78. The highest BCUT2D eigenvalue weighted by molar-refractivity contribution is 6.34. The number of carbonyl (C=O) groups excluding carboxylic acids is 2. The van der Waals surface area contributed by atoms with Gasteiger partial charge in [0.1, 0.15) is 5.15 Å². The minimum Gasteiger partial charge on any atom is -0.419 e. The first kappa shape index (κ1) is 15.3. The number of esters is 2. The number of nitrogens with zero attached hydrogens (tertiary/aromatic N) is 1. The minimum atomic E-state index is -1.25. The maximum absolute atomic E-state index is 11.8. The molecule has 1 aliphatic rings. The van der Waals surface area contributed by atoms with Crippen LogP contribution < -0.4 is 5.32 Å².